The molecule has 5 rings (SSSR count). The summed E-state index contributed by atoms with van der Waals surface area (Å²) >= 11 is 0. The Balaban J connectivity index is 1.25. The maximum Gasteiger partial charge on any atom is 0.217 e. The Bertz CT molecular complexity index is 1280. The van der Waals surface area contributed by atoms with Crippen molar-refractivity contribution in [2.75, 3.05) is 0 Å². The Morgan fingerprint density at radius 1 is 1.11 bits per heavy atom. The summed E-state index contributed by atoms with van der Waals surface area (Å²) in [7, 11) is 0. The van der Waals surface area contributed by atoms with Crippen LogP contribution in [-0.4, -0.2) is 41.2 Å². The van der Waals surface area contributed by atoms with Crippen LogP contribution in [0.15, 0.2) is 67.5 Å². The monoisotopic (exact) mass is 467 g/mol. The number of hydrogen-bond donors (Lipinski definition) is 1. The topological polar surface area (TPSA) is 102 Å². The Kier molecular flexibility index (Phi) is 6.88. The smallest absolute Gasteiger partial charge is 0.217 e. The van der Waals surface area contributed by atoms with Gasteiger partial charge in [0.25, 0.3) is 0 Å². The molecule has 2 aromatic heterocycles. The minimum absolute atomic E-state index is 0.0355. The van der Waals surface area contributed by atoms with Crippen molar-refractivity contribution in [2.45, 2.75) is 45.1 Å². The third kappa shape index (κ3) is 5.26. The minimum atomic E-state index is 0.0355. The van der Waals surface area contributed by atoms with Crippen LogP contribution < -0.4 is 0 Å². The number of hydrogen-bond acceptors (Lipinski definition) is 6. The van der Waals surface area contributed by atoms with E-state index in [2.05, 4.69) is 67.6 Å². The number of allylic oxidation sites excluding steroid dienone is 1. The Morgan fingerprint density at radius 2 is 1.94 bits per heavy atom. The highest BCUT2D eigenvalue weighted by molar-refractivity contribution is 5.94. The number of nitrogens with zero attached hydrogens (tertiary/aromatic N) is 6. The maximum absolute atomic E-state index is 13.0. The van der Waals surface area contributed by atoms with Crippen LogP contribution in [-0.2, 0) is 6.54 Å². The molecule has 0 amide bonds. The van der Waals surface area contributed by atoms with Gasteiger partial charge in [-0.25, -0.2) is 14.8 Å². The van der Waals surface area contributed by atoms with Crippen molar-refractivity contribution >= 4 is 5.78 Å². The fourth-order valence-electron chi connectivity index (χ4n) is 5.00. The fraction of sp³-hybridized carbons (Fsp3) is 0.333. The average molecular weight is 468 g/mol. The number of rotatable bonds is 9. The number of benzene rings is 2. The normalized spacial score (nSPS) is 17.8. The number of Topliss-reactive ketones (excluding diaryl/α,β-unsaturated/α-hetero) is 1. The SMILES string of the molecule is C=CCCC1CCCC(C(=O)c2ncn(Cc3ccc(-c4ccccc4-c4nnn[nH]4)cc3)n2)C1. The number of ketones is 1. The van der Waals surface area contributed by atoms with Gasteiger partial charge in [0.2, 0.25) is 11.6 Å². The number of carbonyl (C=O) groups is 1. The molecular formula is C27H29N7O. The molecule has 1 saturated carbocycles. The summed E-state index contributed by atoms with van der Waals surface area (Å²) in [5.74, 6) is 1.69. The van der Waals surface area contributed by atoms with E-state index >= 15 is 0 Å². The molecular weight excluding hydrogens is 438 g/mol. The highest BCUT2D eigenvalue weighted by Gasteiger charge is 2.29. The van der Waals surface area contributed by atoms with E-state index < -0.39 is 0 Å². The second kappa shape index (κ2) is 10.5. The highest BCUT2D eigenvalue weighted by atomic mass is 16.1. The lowest BCUT2D eigenvalue weighted by Gasteiger charge is -2.27. The lowest BCUT2D eigenvalue weighted by molar-refractivity contribution is 0.0849. The average Bonchev–Trinajstić information content (AvgIpc) is 3.61. The Morgan fingerprint density at radius 3 is 2.71 bits per heavy atom. The van der Waals surface area contributed by atoms with Crippen molar-refractivity contribution in [3.05, 3.63) is 78.9 Å². The van der Waals surface area contributed by atoms with Crippen LogP contribution in [0.25, 0.3) is 22.5 Å². The molecule has 0 bridgehead atoms. The van der Waals surface area contributed by atoms with Crippen LogP contribution in [0.3, 0.4) is 0 Å². The van der Waals surface area contributed by atoms with Gasteiger partial charge in [0.15, 0.2) is 5.82 Å². The largest absolute Gasteiger partial charge is 0.290 e. The molecule has 1 fully saturated rings. The first kappa shape index (κ1) is 22.8. The summed E-state index contributed by atoms with van der Waals surface area (Å²) in [6, 6.07) is 16.3. The van der Waals surface area contributed by atoms with Crippen LogP contribution in [0.2, 0.25) is 0 Å². The lowest BCUT2D eigenvalue weighted by Crippen LogP contribution is -2.24. The molecule has 0 saturated heterocycles. The number of carbonyl (C=O) groups excluding carboxylic acids is 1. The van der Waals surface area contributed by atoms with Gasteiger partial charge in [-0.2, -0.15) is 0 Å². The predicted molar refractivity (Wildman–Crippen MR) is 133 cm³/mol. The van der Waals surface area contributed by atoms with Gasteiger partial charge in [-0.3, -0.25) is 4.79 Å². The van der Waals surface area contributed by atoms with E-state index in [0.717, 1.165) is 54.4 Å². The number of aromatic nitrogens is 7. The molecule has 2 atom stereocenters. The van der Waals surface area contributed by atoms with E-state index in [9.17, 15) is 4.79 Å². The number of aromatic amines is 1. The van der Waals surface area contributed by atoms with Crippen LogP contribution in [0, 0.1) is 11.8 Å². The van der Waals surface area contributed by atoms with Gasteiger partial charge in [0.1, 0.15) is 6.33 Å². The first-order valence-electron chi connectivity index (χ1n) is 12.2. The third-order valence-corrected chi connectivity index (χ3v) is 6.83. The zero-order valence-electron chi connectivity index (χ0n) is 19.7. The number of H-pyrrole nitrogens is 1. The molecule has 0 spiro atoms. The molecule has 0 aliphatic heterocycles. The van der Waals surface area contributed by atoms with Gasteiger partial charge >= 0.3 is 0 Å². The first-order valence-corrected chi connectivity index (χ1v) is 12.2. The standard InChI is InChI=1S/C27H29N7O/c1-2-3-7-19-8-6-9-22(16-19)25(35)27-28-18-34(31-27)17-20-12-14-21(15-13-20)23-10-4-5-11-24(23)26-29-32-33-30-26/h2,4-5,10-15,18-19,22H,1,3,6-9,16-17H2,(H,29,30,32,33). The van der Waals surface area contributed by atoms with Gasteiger partial charge in [-0.05, 0) is 58.7 Å². The van der Waals surface area contributed by atoms with Crippen molar-refractivity contribution in [3.63, 3.8) is 0 Å². The number of tetrazole rings is 1. The summed E-state index contributed by atoms with van der Waals surface area (Å²) in [6.07, 6.45) is 9.93. The lowest BCUT2D eigenvalue weighted by atomic mass is 9.77. The van der Waals surface area contributed by atoms with Gasteiger partial charge < -0.3 is 0 Å². The predicted octanol–water partition coefficient (Wildman–Crippen LogP) is 5.13. The third-order valence-electron chi connectivity index (χ3n) is 6.83. The van der Waals surface area contributed by atoms with E-state index in [1.165, 1.54) is 6.42 Å². The van der Waals surface area contributed by atoms with Crippen molar-refractivity contribution < 1.29 is 4.79 Å². The highest BCUT2D eigenvalue weighted by Crippen LogP contribution is 2.33. The fourth-order valence-corrected chi connectivity index (χ4v) is 5.00. The van der Waals surface area contributed by atoms with Crippen LogP contribution in [0.4, 0.5) is 0 Å². The van der Waals surface area contributed by atoms with Crippen molar-refractivity contribution in [1.82, 2.24) is 35.4 Å². The minimum Gasteiger partial charge on any atom is -0.290 e. The van der Waals surface area contributed by atoms with Crippen molar-refractivity contribution in [2.24, 2.45) is 11.8 Å². The van der Waals surface area contributed by atoms with Crippen LogP contribution in [0.5, 0.6) is 0 Å². The molecule has 4 aromatic rings. The van der Waals surface area contributed by atoms with E-state index in [1.807, 2.05) is 24.3 Å². The maximum atomic E-state index is 13.0. The van der Waals surface area contributed by atoms with Gasteiger partial charge in [-0.15, -0.1) is 16.8 Å². The quantitative estimate of drug-likeness (QED) is 0.270. The molecule has 8 nitrogen and oxygen atoms in total. The summed E-state index contributed by atoms with van der Waals surface area (Å²) < 4.78 is 1.74. The molecule has 2 heterocycles. The Labute approximate surface area is 204 Å². The van der Waals surface area contributed by atoms with E-state index in [0.29, 0.717) is 24.1 Å². The molecule has 35 heavy (non-hydrogen) atoms. The summed E-state index contributed by atoms with van der Waals surface area (Å²) in [5.41, 5.74) is 4.14. The summed E-state index contributed by atoms with van der Waals surface area (Å²) in [5, 5.41) is 18.8. The molecule has 178 valence electrons. The van der Waals surface area contributed by atoms with Crippen LogP contribution in [0.1, 0.15) is 54.7 Å². The summed E-state index contributed by atoms with van der Waals surface area (Å²) in [4.78, 5) is 17.4. The first-order chi connectivity index (χ1) is 17.2. The molecule has 0 radical (unpaired) electrons. The van der Waals surface area contributed by atoms with E-state index in [-0.39, 0.29) is 11.7 Å². The van der Waals surface area contributed by atoms with Gasteiger partial charge in [0, 0.05) is 11.5 Å². The number of nitrogens with one attached hydrogen (secondary N) is 1. The van der Waals surface area contributed by atoms with E-state index in [1.54, 1.807) is 11.0 Å². The van der Waals surface area contributed by atoms with Crippen molar-refractivity contribution in [3.8, 4) is 22.5 Å². The molecule has 1 aliphatic rings. The molecule has 1 aliphatic carbocycles. The second-order valence-corrected chi connectivity index (χ2v) is 9.22. The van der Waals surface area contributed by atoms with Crippen molar-refractivity contribution in [1.29, 1.82) is 0 Å². The summed E-state index contributed by atoms with van der Waals surface area (Å²) in [6.45, 7) is 4.38. The zero-order chi connectivity index (χ0) is 24.0. The zero-order valence-corrected chi connectivity index (χ0v) is 19.7. The second-order valence-electron chi connectivity index (χ2n) is 9.22. The van der Waals surface area contributed by atoms with Gasteiger partial charge in [-0.1, -0.05) is 67.4 Å². The molecule has 1 N–H and O–H groups in total. The van der Waals surface area contributed by atoms with Gasteiger partial charge in [0.05, 0.1) is 6.54 Å². The van der Waals surface area contributed by atoms with E-state index in [4.69, 9.17) is 0 Å². The Hall–Kier alpha value is -3.94. The van der Waals surface area contributed by atoms with Crippen LogP contribution >= 0.6 is 0 Å². The molecule has 8 heteroatoms. The molecule has 2 aromatic carbocycles. The molecule has 2 unspecified atom stereocenters.